The molecule has 2 aromatic rings. The van der Waals surface area contributed by atoms with Crippen molar-refractivity contribution in [3.63, 3.8) is 0 Å². The minimum absolute atomic E-state index is 0.0761. The maximum absolute atomic E-state index is 13.7. The molecule has 0 unspecified atom stereocenters. The minimum Gasteiger partial charge on any atom is -0.490 e. The molecule has 0 saturated heterocycles. The molecule has 0 fully saturated rings. The molecule has 0 radical (unpaired) electrons. The third-order valence-electron chi connectivity index (χ3n) is 5.92. The molecule has 2 heterocycles. The van der Waals surface area contributed by atoms with E-state index in [1.165, 1.54) is 6.07 Å². The highest BCUT2D eigenvalue weighted by molar-refractivity contribution is 6.07. The molecule has 2 amide bonds. The molecule has 0 bridgehead atoms. The fraction of sp³-hybridized carbons (Fsp3) is 0.440. The Hall–Kier alpha value is -3.16. The SMILES string of the molecule is Cc1c2c(cc3c1N(C(=O)c1ccc(F)c(F)c1)CCO3)CCN(C(=O)OC(C)(C)C)CC2. The molecule has 4 rings (SSSR count). The van der Waals surface area contributed by atoms with Crippen molar-refractivity contribution in [1.29, 1.82) is 0 Å². The lowest BCUT2D eigenvalue weighted by Crippen LogP contribution is -2.39. The van der Waals surface area contributed by atoms with E-state index in [1.807, 2.05) is 33.8 Å². The van der Waals surface area contributed by atoms with Crippen LogP contribution in [-0.4, -0.2) is 48.7 Å². The van der Waals surface area contributed by atoms with E-state index in [0.717, 1.165) is 28.8 Å². The summed E-state index contributed by atoms with van der Waals surface area (Å²) >= 11 is 0. The van der Waals surface area contributed by atoms with Crippen molar-refractivity contribution in [3.05, 3.63) is 58.2 Å². The Morgan fingerprint density at radius 1 is 1.03 bits per heavy atom. The van der Waals surface area contributed by atoms with E-state index in [2.05, 4.69) is 0 Å². The number of rotatable bonds is 1. The third-order valence-corrected chi connectivity index (χ3v) is 5.92. The van der Waals surface area contributed by atoms with Crippen molar-refractivity contribution in [1.82, 2.24) is 4.90 Å². The van der Waals surface area contributed by atoms with Gasteiger partial charge in [0.1, 0.15) is 18.0 Å². The van der Waals surface area contributed by atoms with Crippen LogP contribution >= 0.6 is 0 Å². The summed E-state index contributed by atoms with van der Waals surface area (Å²) in [4.78, 5) is 29.0. The zero-order chi connectivity index (χ0) is 23.9. The predicted molar refractivity (Wildman–Crippen MR) is 120 cm³/mol. The molecular formula is C25H28F2N2O4. The predicted octanol–water partition coefficient (Wildman–Crippen LogP) is 4.65. The van der Waals surface area contributed by atoms with E-state index in [9.17, 15) is 18.4 Å². The van der Waals surface area contributed by atoms with Crippen LogP contribution in [0.4, 0.5) is 19.3 Å². The van der Waals surface area contributed by atoms with E-state index in [-0.39, 0.29) is 11.7 Å². The monoisotopic (exact) mass is 458 g/mol. The summed E-state index contributed by atoms with van der Waals surface area (Å²) in [6.45, 7) is 9.07. The number of fused-ring (bicyclic) bond motifs is 2. The topological polar surface area (TPSA) is 59.1 Å². The first kappa shape index (κ1) is 23.0. The molecule has 2 aromatic carbocycles. The highest BCUT2D eigenvalue weighted by Crippen LogP contribution is 2.40. The lowest BCUT2D eigenvalue weighted by molar-refractivity contribution is 0.0258. The van der Waals surface area contributed by atoms with Gasteiger partial charge in [0.2, 0.25) is 0 Å². The van der Waals surface area contributed by atoms with Crippen molar-refractivity contribution in [2.75, 3.05) is 31.1 Å². The van der Waals surface area contributed by atoms with Gasteiger partial charge < -0.3 is 19.3 Å². The second-order valence-electron chi connectivity index (χ2n) is 9.39. The van der Waals surface area contributed by atoms with Crippen LogP contribution in [0.2, 0.25) is 0 Å². The van der Waals surface area contributed by atoms with Crippen LogP contribution in [0.25, 0.3) is 0 Å². The Balaban J connectivity index is 1.64. The Morgan fingerprint density at radius 3 is 2.45 bits per heavy atom. The smallest absolute Gasteiger partial charge is 0.410 e. The van der Waals surface area contributed by atoms with Gasteiger partial charge in [0.05, 0.1) is 12.2 Å². The standard InChI is InChI=1S/C25H28F2N2O4/c1-15-18-8-10-28(24(31)33-25(2,3)4)9-7-16(18)14-21-22(15)29(11-12-32-21)23(30)17-5-6-19(26)20(27)13-17/h5-6,13-14H,7-12H2,1-4H3. The molecule has 2 aliphatic rings. The molecule has 0 atom stereocenters. The van der Waals surface area contributed by atoms with Gasteiger partial charge in [-0.3, -0.25) is 4.79 Å². The molecule has 8 heteroatoms. The quantitative estimate of drug-likeness (QED) is 0.624. The van der Waals surface area contributed by atoms with E-state index in [4.69, 9.17) is 9.47 Å². The number of ether oxygens (including phenoxy) is 2. The zero-order valence-electron chi connectivity index (χ0n) is 19.3. The summed E-state index contributed by atoms with van der Waals surface area (Å²) in [6, 6.07) is 5.09. The van der Waals surface area contributed by atoms with Crippen molar-refractivity contribution in [2.45, 2.75) is 46.1 Å². The summed E-state index contributed by atoms with van der Waals surface area (Å²) < 4.78 is 38.5. The van der Waals surface area contributed by atoms with Crippen molar-refractivity contribution < 1.29 is 27.8 Å². The van der Waals surface area contributed by atoms with Gasteiger partial charge in [0.15, 0.2) is 11.6 Å². The second-order valence-corrected chi connectivity index (χ2v) is 9.39. The molecule has 33 heavy (non-hydrogen) atoms. The van der Waals surface area contributed by atoms with Gasteiger partial charge in [-0.15, -0.1) is 0 Å². The van der Waals surface area contributed by atoms with Crippen molar-refractivity contribution in [2.24, 2.45) is 0 Å². The number of halogens is 2. The van der Waals surface area contributed by atoms with Crippen molar-refractivity contribution >= 4 is 17.7 Å². The van der Waals surface area contributed by atoms with Crippen LogP contribution in [0.3, 0.4) is 0 Å². The van der Waals surface area contributed by atoms with Gasteiger partial charge in [0, 0.05) is 18.7 Å². The lowest BCUT2D eigenvalue weighted by Gasteiger charge is -2.33. The summed E-state index contributed by atoms with van der Waals surface area (Å²) in [6.07, 6.45) is 0.911. The van der Waals surface area contributed by atoms with Gasteiger partial charge in [-0.05, 0) is 81.5 Å². The first-order valence-electron chi connectivity index (χ1n) is 11.1. The third kappa shape index (κ3) is 4.65. The number of benzene rings is 2. The van der Waals surface area contributed by atoms with E-state index >= 15 is 0 Å². The number of amides is 2. The van der Waals surface area contributed by atoms with Gasteiger partial charge in [0.25, 0.3) is 5.91 Å². The van der Waals surface area contributed by atoms with Crippen LogP contribution in [0, 0.1) is 18.6 Å². The largest absolute Gasteiger partial charge is 0.490 e. The van der Waals surface area contributed by atoms with Crippen LogP contribution < -0.4 is 9.64 Å². The van der Waals surface area contributed by atoms with Gasteiger partial charge in [-0.2, -0.15) is 0 Å². The average molecular weight is 459 g/mol. The Morgan fingerprint density at radius 2 is 1.76 bits per heavy atom. The van der Waals surface area contributed by atoms with Crippen LogP contribution in [0.15, 0.2) is 24.3 Å². The molecule has 0 saturated carbocycles. The number of carbonyl (C=O) groups excluding carboxylic acids is 2. The fourth-order valence-corrected chi connectivity index (χ4v) is 4.37. The highest BCUT2D eigenvalue weighted by atomic mass is 19.2. The normalized spacial score (nSPS) is 15.8. The number of hydrogen-bond acceptors (Lipinski definition) is 4. The summed E-state index contributed by atoms with van der Waals surface area (Å²) in [5, 5.41) is 0. The summed E-state index contributed by atoms with van der Waals surface area (Å²) in [5.74, 6) is -1.88. The van der Waals surface area contributed by atoms with Gasteiger partial charge >= 0.3 is 6.09 Å². The zero-order valence-corrected chi connectivity index (χ0v) is 19.3. The van der Waals surface area contributed by atoms with E-state index in [0.29, 0.717) is 50.5 Å². The summed E-state index contributed by atoms with van der Waals surface area (Å²) in [7, 11) is 0. The minimum atomic E-state index is -1.06. The van der Waals surface area contributed by atoms with E-state index < -0.39 is 23.1 Å². The number of anilines is 1. The van der Waals surface area contributed by atoms with Gasteiger partial charge in [-0.25, -0.2) is 13.6 Å². The van der Waals surface area contributed by atoms with E-state index in [1.54, 1.807) is 9.80 Å². The summed E-state index contributed by atoms with van der Waals surface area (Å²) in [5.41, 5.74) is 3.17. The van der Waals surface area contributed by atoms with Crippen LogP contribution in [0.1, 0.15) is 47.8 Å². The molecule has 0 spiro atoms. The average Bonchev–Trinajstić information content (AvgIpc) is 2.97. The van der Waals surface area contributed by atoms with Crippen LogP contribution in [0.5, 0.6) is 5.75 Å². The molecule has 6 nitrogen and oxygen atoms in total. The molecular weight excluding hydrogens is 430 g/mol. The number of nitrogens with zero attached hydrogens (tertiary/aromatic N) is 2. The first-order chi connectivity index (χ1) is 15.5. The first-order valence-corrected chi connectivity index (χ1v) is 11.1. The van der Waals surface area contributed by atoms with Gasteiger partial charge in [-0.1, -0.05) is 0 Å². The Bertz CT molecular complexity index is 1110. The van der Waals surface area contributed by atoms with Crippen LogP contribution in [-0.2, 0) is 17.6 Å². The maximum atomic E-state index is 13.7. The Labute approximate surface area is 192 Å². The lowest BCUT2D eigenvalue weighted by atomic mass is 9.94. The molecule has 0 aromatic heterocycles. The fourth-order valence-electron chi connectivity index (χ4n) is 4.37. The molecule has 176 valence electrons. The number of carbonyl (C=O) groups is 2. The number of hydrogen-bond donors (Lipinski definition) is 0. The molecule has 0 aliphatic carbocycles. The maximum Gasteiger partial charge on any atom is 0.410 e. The Kier molecular flexibility index (Phi) is 6.03. The van der Waals surface area contributed by atoms with Crippen molar-refractivity contribution in [3.8, 4) is 5.75 Å². The highest BCUT2D eigenvalue weighted by Gasteiger charge is 2.31. The molecule has 0 N–H and O–H groups in total. The second kappa shape index (κ2) is 8.65. The molecule has 2 aliphatic heterocycles.